The van der Waals surface area contributed by atoms with Gasteiger partial charge in [-0.25, -0.2) is 0 Å². The zero-order chi connectivity index (χ0) is 22.9. The summed E-state index contributed by atoms with van der Waals surface area (Å²) < 4.78 is 23.6. The van der Waals surface area contributed by atoms with Crippen LogP contribution in [0.5, 0.6) is 0 Å². The fourth-order valence-corrected chi connectivity index (χ4v) is 3.83. The van der Waals surface area contributed by atoms with E-state index in [1.165, 1.54) is 0 Å². The smallest absolute Gasteiger partial charge is 0.184 e. The summed E-state index contributed by atoms with van der Waals surface area (Å²) in [5.41, 5.74) is 2.94. The maximum Gasteiger partial charge on any atom is 0.184 e. The van der Waals surface area contributed by atoms with Crippen LogP contribution in [0.4, 0.5) is 0 Å². The molecule has 0 unspecified atom stereocenters. The summed E-state index contributed by atoms with van der Waals surface area (Å²) in [6.45, 7) is 1.09. The van der Waals surface area contributed by atoms with E-state index in [9.17, 15) is 10.2 Å². The SMILES string of the molecule is O[C@@H]1[C@@H](OCc2ccccc2)[C@@H](O)O[C@H](COCc2ccccc2)[C@@H]1OCc1ccccc1. The lowest BCUT2D eigenvalue weighted by molar-refractivity contribution is -0.308. The van der Waals surface area contributed by atoms with Crippen LogP contribution >= 0.6 is 0 Å². The highest BCUT2D eigenvalue weighted by Gasteiger charge is 2.46. The highest BCUT2D eigenvalue weighted by molar-refractivity contribution is 5.15. The van der Waals surface area contributed by atoms with E-state index in [4.69, 9.17) is 18.9 Å². The van der Waals surface area contributed by atoms with Crippen molar-refractivity contribution in [3.05, 3.63) is 108 Å². The first-order valence-corrected chi connectivity index (χ1v) is 11.1. The Morgan fingerprint density at radius 1 is 0.606 bits per heavy atom. The fraction of sp³-hybridized carbons (Fsp3) is 0.333. The second-order valence-electron chi connectivity index (χ2n) is 8.08. The number of rotatable bonds is 10. The Bertz CT molecular complexity index is 935. The number of benzene rings is 3. The zero-order valence-electron chi connectivity index (χ0n) is 18.4. The summed E-state index contributed by atoms with van der Waals surface area (Å²) in [7, 11) is 0. The van der Waals surface area contributed by atoms with Crippen LogP contribution in [0.1, 0.15) is 16.7 Å². The average Bonchev–Trinajstić information content (AvgIpc) is 2.85. The van der Waals surface area contributed by atoms with Crippen molar-refractivity contribution in [2.45, 2.75) is 50.5 Å². The highest BCUT2D eigenvalue weighted by Crippen LogP contribution is 2.27. The van der Waals surface area contributed by atoms with Gasteiger partial charge in [-0.15, -0.1) is 0 Å². The van der Waals surface area contributed by atoms with Gasteiger partial charge in [0.25, 0.3) is 0 Å². The molecule has 0 spiro atoms. The summed E-state index contributed by atoms with van der Waals surface area (Å²) >= 11 is 0. The largest absolute Gasteiger partial charge is 0.387 e. The van der Waals surface area contributed by atoms with Gasteiger partial charge < -0.3 is 29.2 Å². The molecule has 0 aromatic heterocycles. The Morgan fingerprint density at radius 3 is 1.58 bits per heavy atom. The zero-order valence-corrected chi connectivity index (χ0v) is 18.4. The van der Waals surface area contributed by atoms with Gasteiger partial charge in [-0.1, -0.05) is 91.0 Å². The van der Waals surface area contributed by atoms with Gasteiger partial charge in [0.2, 0.25) is 0 Å². The van der Waals surface area contributed by atoms with Crippen molar-refractivity contribution < 1.29 is 29.2 Å². The summed E-state index contributed by atoms with van der Waals surface area (Å²) in [6, 6.07) is 29.1. The number of hydrogen-bond donors (Lipinski definition) is 2. The van der Waals surface area contributed by atoms with E-state index in [1.54, 1.807) is 0 Å². The highest BCUT2D eigenvalue weighted by atomic mass is 16.7. The lowest BCUT2D eigenvalue weighted by atomic mass is 9.98. The summed E-state index contributed by atoms with van der Waals surface area (Å²) in [5, 5.41) is 21.7. The third kappa shape index (κ3) is 6.71. The molecule has 0 saturated carbocycles. The van der Waals surface area contributed by atoms with Crippen molar-refractivity contribution in [1.29, 1.82) is 0 Å². The molecular weight excluding hydrogens is 420 g/mol. The topological polar surface area (TPSA) is 77.4 Å². The van der Waals surface area contributed by atoms with Gasteiger partial charge in [0.15, 0.2) is 6.29 Å². The van der Waals surface area contributed by atoms with E-state index in [2.05, 4.69) is 0 Å². The standard InChI is InChI=1S/C27H30O6/c28-24-25(31-17-21-12-6-2-7-13-21)23(19-30-16-20-10-4-1-5-11-20)33-27(29)26(24)32-18-22-14-8-3-9-15-22/h1-15,23-29H,16-19H2/t23-,24+,25+,26-,27+/m1/s1. The van der Waals surface area contributed by atoms with Crippen LogP contribution in [0.3, 0.4) is 0 Å². The lowest BCUT2D eigenvalue weighted by Crippen LogP contribution is -2.60. The Balaban J connectivity index is 1.41. The van der Waals surface area contributed by atoms with Gasteiger partial charge in [0.1, 0.15) is 24.4 Å². The molecule has 1 aliphatic rings. The molecule has 1 aliphatic heterocycles. The van der Waals surface area contributed by atoms with Gasteiger partial charge in [0.05, 0.1) is 26.4 Å². The van der Waals surface area contributed by atoms with Crippen LogP contribution in [-0.4, -0.2) is 47.5 Å². The molecule has 3 aromatic rings. The first kappa shape index (κ1) is 23.6. The van der Waals surface area contributed by atoms with Crippen LogP contribution in [0.2, 0.25) is 0 Å². The molecule has 6 nitrogen and oxygen atoms in total. The summed E-state index contributed by atoms with van der Waals surface area (Å²) in [5.74, 6) is 0. The molecule has 0 bridgehead atoms. The van der Waals surface area contributed by atoms with Gasteiger partial charge in [0, 0.05) is 0 Å². The van der Waals surface area contributed by atoms with Crippen molar-refractivity contribution in [2.24, 2.45) is 0 Å². The molecule has 0 aliphatic carbocycles. The Labute approximate surface area is 194 Å². The molecule has 1 fully saturated rings. The predicted octanol–water partition coefficient (Wildman–Crippen LogP) is 3.45. The lowest BCUT2D eigenvalue weighted by Gasteiger charge is -2.42. The minimum Gasteiger partial charge on any atom is -0.387 e. The Hall–Kier alpha value is -2.58. The molecule has 6 heteroatoms. The molecule has 0 radical (unpaired) electrons. The minimum atomic E-state index is -1.30. The number of hydrogen-bond acceptors (Lipinski definition) is 6. The monoisotopic (exact) mass is 450 g/mol. The molecule has 1 heterocycles. The second-order valence-corrected chi connectivity index (χ2v) is 8.08. The molecule has 2 N–H and O–H groups in total. The van der Waals surface area contributed by atoms with Crippen LogP contribution in [0.15, 0.2) is 91.0 Å². The number of aliphatic hydroxyl groups excluding tert-OH is 2. The normalized spacial score (nSPS) is 25.1. The molecular formula is C27H30O6. The summed E-state index contributed by atoms with van der Waals surface area (Å²) in [6.07, 6.45) is -4.72. The van der Waals surface area contributed by atoms with Crippen LogP contribution in [-0.2, 0) is 38.8 Å². The molecule has 1 saturated heterocycles. The van der Waals surface area contributed by atoms with Crippen molar-refractivity contribution in [3.8, 4) is 0 Å². The molecule has 33 heavy (non-hydrogen) atoms. The predicted molar refractivity (Wildman–Crippen MR) is 123 cm³/mol. The van der Waals surface area contributed by atoms with Crippen molar-refractivity contribution >= 4 is 0 Å². The molecule has 3 aromatic carbocycles. The van der Waals surface area contributed by atoms with Crippen molar-refractivity contribution in [3.63, 3.8) is 0 Å². The first-order valence-electron chi connectivity index (χ1n) is 11.1. The van der Waals surface area contributed by atoms with Gasteiger partial charge in [-0.3, -0.25) is 0 Å². The third-order valence-electron chi connectivity index (χ3n) is 5.60. The molecule has 5 atom stereocenters. The van der Waals surface area contributed by atoms with Crippen molar-refractivity contribution in [2.75, 3.05) is 6.61 Å². The third-order valence-corrected chi connectivity index (χ3v) is 5.60. The van der Waals surface area contributed by atoms with Gasteiger partial charge in [-0.2, -0.15) is 0 Å². The van der Waals surface area contributed by atoms with E-state index in [0.717, 1.165) is 16.7 Å². The van der Waals surface area contributed by atoms with E-state index in [-0.39, 0.29) is 13.2 Å². The maximum absolute atomic E-state index is 11.1. The Kier molecular flexibility index (Phi) is 8.60. The van der Waals surface area contributed by atoms with E-state index in [0.29, 0.717) is 13.2 Å². The molecule has 4 rings (SSSR count). The maximum atomic E-state index is 11.1. The van der Waals surface area contributed by atoms with Crippen molar-refractivity contribution in [1.82, 2.24) is 0 Å². The van der Waals surface area contributed by atoms with Crippen LogP contribution < -0.4 is 0 Å². The average molecular weight is 451 g/mol. The van der Waals surface area contributed by atoms with E-state index >= 15 is 0 Å². The van der Waals surface area contributed by atoms with Gasteiger partial charge in [-0.05, 0) is 16.7 Å². The Morgan fingerprint density at radius 2 is 1.06 bits per heavy atom. The fourth-order valence-electron chi connectivity index (χ4n) is 3.83. The number of aliphatic hydroxyl groups is 2. The molecule has 174 valence electrons. The van der Waals surface area contributed by atoms with E-state index in [1.807, 2.05) is 91.0 Å². The summed E-state index contributed by atoms with van der Waals surface area (Å²) in [4.78, 5) is 0. The first-order chi connectivity index (χ1) is 16.2. The quantitative estimate of drug-likeness (QED) is 0.493. The molecule has 0 amide bonds. The number of ether oxygens (including phenoxy) is 4. The van der Waals surface area contributed by atoms with Crippen LogP contribution in [0, 0.1) is 0 Å². The minimum absolute atomic E-state index is 0.161. The second kappa shape index (κ2) is 12.0. The van der Waals surface area contributed by atoms with Gasteiger partial charge >= 0.3 is 0 Å². The van der Waals surface area contributed by atoms with E-state index < -0.39 is 30.7 Å². The van der Waals surface area contributed by atoms with Crippen LogP contribution in [0.25, 0.3) is 0 Å².